The first-order chi connectivity index (χ1) is 8.66. The summed E-state index contributed by atoms with van der Waals surface area (Å²) in [5.74, 6) is -0.158. The van der Waals surface area contributed by atoms with Crippen LogP contribution in [0.1, 0.15) is 23.2 Å². The molecule has 1 saturated heterocycles. The van der Waals surface area contributed by atoms with E-state index in [9.17, 15) is 9.90 Å². The van der Waals surface area contributed by atoms with Gasteiger partial charge in [-0.25, -0.2) is 0 Å². The average molecular weight is 251 g/mol. The minimum Gasteiger partial charge on any atom is -0.508 e. The maximum atomic E-state index is 11.8. The summed E-state index contributed by atoms with van der Waals surface area (Å²) in [6.45, 7) is 2.07. The van der Waals surface area contributed by atoms with Gasteiger partial charge in [-0.1, -0.05) is 0 Å². The van der Waals surface area contributed by atoms with Crippen molar-refractivity contribution in [2.45, 2.75) is 12.8 Å². The molecule has 0 saturated carbocycles. The zero-order valence-electron chi connectivity index (χ0n) is 10.1. The van der Waals surface area contributed by atoms with Crippen molar-refractivity contribution < 1.29 is 19.7 Å². The van der Waals surface area contributed by atoms with Crippen LogP contribution in [0, 0.1) is 5.92 Å². The van der Waals surface area contributed by atoms with Crippen LogP contribution >= 0.6 is 0 Å². The quantitative estimate of drug-likeness (QED) is 0.755. The van der Waals surface area contributed by atoms with E-state index in [0.29, 0.717) is 12.5 Å². The molecular formula is C13H17NO4. The summed E-state index contributed by atoms with van der Waals surface area (Å²) >= 11 is 0. The number of phenols is 2. The van der Waals surface area contributed by atoms with Crippen molar-refractivity contribution in [2.24, 2.45) is 5.92 Å². The molecule has 0 spiro atoms. The first kappa shape index (κ1) is 12.7. The van der Waals surface area contributed by atoms with Crippen molar-refractivity contribution in [3.05, 3.63) is 23.8 Å². The number of phenolic OH excluding ortho intramolecular Hbond substituents is 2. The molecule has 3 N–H and O–H groups in total. The molecule has 0 aliphatic carbocycles. The van der Waals surface area contributed by atoms with Gasteiger partial charge in [0.15, 0.2) is 0 Å². The molecule has 18 heavy (non-hydrogen) atoms. The number of hydrogen-bond acceptors (Lipinski definition) is 4. The van der Waals surface area contributed by atoms with Crippen LogP contribution in [0.4, 0.5) is 0 Å². The Bertz CT molecular complexity index is 427. The van der Waals surface area contributed by atoms with Crippen molar-refractivity contribution in [2.75, 3.05) is 19.8 Å². The predicted molar refractivity (Wildman–Crippen MR) is 65.6 cm³/mol. The fourth-order valence-electron chi connectivity index (χ4n) is 1.99. The van der Waals surface area contributed by atoms with Gasteiger partial charge in [-0.2, -0.15) is 0 Å². The van der Waals surface area contributed by atoms with Crippen LogP contribution in [-0.4, -0.2) is 35.9 Å². The molecule has 5 heteroatoms. The standard InChI is InChI=1S/C13H17NO4/c15-10-1-2-11(12(16)7-10)13(17)14-8-9-3-5-18-6-4-9/h1-2,7,9,15-16H,3-6,8H2,(H,14,17). The van der Waals surface area contributed by atoms with E-state index in [1.54, 1.807) is 0 Å². The third-order valence-electron chi connectivity index (χ3n) is 3.12. The van der Waals surface area contributed by atoms with Crippen LogP contribution in [0.15, 0.2) is 18.2 Å². The number of carbonyl (C=O) groups is 1. The van der Waals surface area contributed by atoms with E-state index in [2.05, 4.69) is 5.32 Å². The highest BCUT2D eigenvalue weighted by Crippen LogP contribution is 2.22. The number of nitrogens with one attached hydrogen (secondary N) is 1. The Morgan fingerprint density at radius 2 is 2.06 bits per heavy atom. The normalized spacial score (nSPS) is 16.4. The van der Waals surface area contributed by atoms with Gasteiger partial charge >= 0.3 is 0 Å². The van der Waals surface area contributed by atoms with E-state index in [1.165, 1.54) is 12.1 Å². The van der Waals surface area contributed by atoms with Crippen molar-refractivity contribution in [1.82, 2.24) is 5.32 Å². The third kappa shape index (κ3) is 3.13. The van der Waals surface area contributed by atoms with Gasteiger partial charge in [0.05, 0.1) is 5.56 Å². The summed E-state index contributed by atoms with van der Waals surface area (Å²) in [6.07, 6.45) is 1.89. The van der Waals surface area contributed by atoms with E-state index >= 15 is 0 Å². The highest BCUT2D eigenvalue weighted by molar-refractivity contribution is 5.96. The molecule has 1 aliphatic heterocycles. The molecule has 2 rings (SSSR count). The van der Waals surface area contributed by atoms with Crippen LogP contribution in [0.5, 0.6) is 11.5 Å². The van der Waals surface area contributed by atoms with Gasteiger partial charge in [0, 0.05) is 25.8 Å². The second kappa shape index (κ2) is 5.73. The lowest BCUT2D eigenvalue weighted by Gasteiger charge is -2.22. The van der Waals surface area contributed by atoms with E-state index in [0.717, 1.165) is 32.1 Å². The number of hydrogen-bond donors (Lipinski definition) is 3. The number of aromatic hydroxyl groups is 2. The molecule has 98 valence electrons. The first-order valence-electron chi connectivity index (χ1n) is 6.05. The van der Waals surface area contributed by atoms with E-state index in [1.807, 2.05) is 0 Å². The molecule has 1 aliphatic rings. The molecule has 5 nitrogen and oxygen atoms in total. The van der Waals surface area contributed by atoms with Gasteiger partial charge in [-0.05, 0) is 30.9 Å². The Kier molecular flexibility index (Phi) is 4.04. The third-order valence-corrected chi connectivity index (χ3v) is 3.12. The smallest absolute Gasteiger partial charge is 0.255 e. The minimum atomic E-state index is -0.320. The van der Waals surface area contributed by atoms with E-state index < -0.39 is 0 Å². The number of benzene rings is 1. The largest absolute Gasteiger partial charge is 0.508 e. The van der Waals surface area contributed by atoms with Crippen LogP contribution < -0.4 is 5.32 Å². The lowest BCUT2D eigenvalue weighted by atomic mass is 10.0. The molecule has 0 radical (unpaired) electrons. The molecule has 1 fully saturated rings. The summed E-state index contributed by atoms with van der Waals surface area (Å²) in [5.41, 5.74) is 0.180. The minimum absolute atomic E-state index is 0.0616. The summed E-state index contributed by atoms with van der Waals surface area (Å²) in [4.78, 5) is 11.8. The van der Waals surface area contributed by atoms with Gasteiger partial charge in [0.25, 0.3) is 5.91 Å². The molecule has 0 bridgehead atoms. The monoisotopic (exact) mass is 251 g/mol. The highest BCUT2D eigenvalue weighted by Gasteiger charge is 2.16. The number of ether oxygens (including phenoxy) is 1. The molecule has 0 unspecified atom stereocenters. The Morgan fingerprint density at radius 3 is 2.72 bits per heavy atom. The van der Waals surface area contributed by atoms with Crippen LogP contribution in [-0.2, 0) is 4.74 Å². The van der Waals surface area contributed by atoms with E-state index in [4.69, 9.17) is 9.84 Å². The topological polar surface area (TPSA) is 78.8 Å². The summed E-state index contributed by atoms with van der Waals surface area (Å²) in [5, 5.41) is 21.5. The first-order valence-corrected chi connectivity index (χ1v) is 6.05. The zero-order valence-corrected chi connectivity index (χ0v) is 10.1. The van der Waals surface area contributed by atoms with Gasteiger partial charge in [-0.15, -0.1) is 0 Å². The number of rotatable bonds is 3. The van der Waals surface area contributed by atoms with Crippen molar-refractivity contribution in [1.29, 1.82) is 0 Å². The number of amides is 1. The maximum Gasteiger partial charge on any atom is 0.255 e. The molecule has 1 aromatic carbocycles. The van der Waals surface area contributed by atoms with Crippen LogP contribution in [0.3, 0.4) is 0 Å². The van der Waals surface area contributed by atoms with Crippen LogP contribution in [0.25, 0.3) is 0 Å². The lowest BCUT2D eigenvalue weighted by molar-refractivity contribution is 0.0642. The Hall–Kier alpha value is -1.75. The fourth-order valence-corrected chi connectivity index (χ4v) is 1.99. The van der Waals surface area contributed by atoms with Gasteiger partial charge < -0.3 is 20.3 Å². The Morgan fingerprint density at radius 1 is 1.33 bits per heavy atom. The van der Waals surface area contributed by atoms with Gasteiger partial charge in [0.1, 0.15) is 11.5 Å². The second-order valence-corrected chi connectivity index (χ2v) is 4.47. The predicted octanol–water partition coefficient (Wildman–Crippen LogP) is 1.25. The van der Waals surface area contributed by atoms with Crippen molar-refractivity contribution in [3.8, 4) is 11.5 Å². The molecule has 1 aromatic rings. The Balaban J connectivity index is 1.90. The second-order valence-electron chi connectivity index (χ2n) is 4.47. The van der Waals surface area contributed by atoms with Crippen LogP contribution in [0.2, 0.25) is 0 Å². The molecule has 0 atom stereocenters. The summed E-state index contributed by atoms with van der Waals surface area (Å²) in [7, 11) is 0. The zero-order chi connectivity index (χ0) is 13.0. The maximum absolute atomic E-state index is 11.8. The summed E-state index contributed by atoms with van der Waals surface area (Å²) < 4.78 is 5.24. The van der Waals surface area contributed by atoms with Crippen molar-refractivity contribution in [3.63, 3.8) is 0 Å². The van der Waals surface area contributed by atoms with E-state index in [-0.39, 0.29) is 23.0 Å². The molecule has 1 heterocycles. The Labute approximate surface area is 105 Å². The average Bonchev–Trinajstić information content (AvgIpc) is 2.37. The van der Waals surface area contributed by atoms with Crippen molar-refractivity contribution >= 4 is 5.91 Å². The fraction of sp³-hybridized carbons (Fsp3) is 0.462. The summed E-state index contributed by atoms with van der Waals surface area (Å²) in [6, 6.07) is 3.94. The molecule has 0 aromatic heterocycles. The molecular weight excluding hydrogens is 234 g/mol. The van der Waals surface area contributed by atoms with Gasteiger partial charge in [0.2, 0.25) is 0 Å². The highest BCUT2D eigenvalue weighted by atomic mass is 16.5. The lowest BCUT2D eigenvalue weighted by Crippen LogP contribution is -2.32. The van der Waals surface area contributed by atoms with Gasteiger partial charge in [-0.3, -0.25) is 4.79 Å². The SMILES string of the molecule is O=C(NCC1CCOCC1)c1ccc(O)cc1O. The molecule has 1 amide bonds. The number of carbonyl (C=O) groups excluding carboxylic acids is 1.